The highest BCUT2D eigenvalue weighted by Gasteiger charge is 2.52. The smallest absolute Gasteiger partial charge is 0.221 e. The molecule has 0 aliphatic carbocycles. The third-order valence-corrected chi connectivity index (χ3v) is 5.76. The molecule has 0 aliphatic heterocycles. The van der Waals surface area contributed by atoms with Crippen LogP contribution < -0.4 is 0 Å². The molecule has 0 aromatic heterocycles. The zero-order valence-electron chi connectivity index (χ0n) is 11.1. The summed E-state index contributed by atoms with van der Waals surface area (Å²) in [5.74, 6) is 0. The minimum Gasteiger partial charge on any atom is -0.221 e. The van der Waals surface area contributed by atoms with Crippen LogP contribution in [0.3, 0.4) is 0 Å². The van der Waals surface area contributed by atoms with Gasteiger partial charge in [-0.2, -0.15) is 0 Å². The van der Waals surface area contributed by atoms with Crippen LogP contribution >= 0.6 is 31.9 Å². The number of rotatable bonds is 3. The van der Waals surface area contributed by atoms with Gasteiger partial charge in [0.2, 0.25) is 9.16 Å². The molecule has 2 aromatic rings. The van der Waals surface area contributed by atoms with Gasteiger partial charge in [-0.15, -0.1) is 0 Å². The van der Waals surface area contributed by atoms with Crippen molar-refractivity contribution in [3.63, 3.8) is 0 Å². The van der Waals surface area contributed by atoms with Crippen molar-refractivity contribution in [2.24, 2.45) is 0 Å². The van der Waals surface area contributed by atoms with Crippen molar-refractivity contribution < 1.29 is 8.78 Å². The lowest BCUT2D eigenvalue weighted by molar-refractivity contribution is 0.117. The summed E-state index contributed by atoms with van der Waals surface area (Å²) in [5, 5.41) is 0. The molecule has 2 atom stereocenters. The number of alkyl halides is 4. The molecule has 0 saturated heterocycles. The second-order valence-electron chi connectivity index (χ2n) is 4.88. The van der Waals surface area contributed by atoms with Crippen molar-refractivity contribution in [2.45, 2.75) is 23.0 Å². The Kier molecular flexibility index (Phi) is 4.35. The summed E-state index contributed by atoms with van der Waals surface area (Å²) in [6.07, 6.45) is 0. The van der Waals surface area contributed by atoms with Gasteiger partial charge >= 0.3 is 0 Å². The Balaban J connectivity index is 2.45. The SMILES string of the molecule is Cc1ccc(C(F)(Br)C(F)(Br)c2ccc(C)cc2)cc1. The van der Waals surface area contributed by atoms with Gasteiger partial charge in [-0.3, -0.25) is 0 Å². The summed E-state index contributed by atoms with van der Waals surface area (Å²) in [6.45, 7) is 3.80. The Morgan fingerprint density at radius 1 is 0.650 bits per heavy atom. The van der Waals surface area contributed by atoms with Gasteiger partial charge in [-0.1, -0.05) is 59.7 Å². The van der Waals surface area contributed by atoms with Crippen LogP contribution in [0, 0.1) is 13.8 Å². The summed E-state index contributed by atoms with van der Waals surface area (Å²) in [5.41, 5.74) is 2.43. The van der Waals surface area contributed by atoms with Crippen LogP contribution in [-0.4, -0.2) is 0 Å². The van der Waals surface area contributed by atoms with E-state index in [2.05, 4.69) is 31.9 Å². The number of hydrogen-bond donors (Lipinski definition) is 0. The molecule has 2 unspecified atom stereocenters. The molecule has 20 heavy (non-hydrogen) atoms. The van der Waals surface area contributed by atoms with Crippen LogP contribution in [-0.2, 0) is 9.16 Å². The Morgan fingerprint density at radius 2 is 0.900 bits per heavy atom. The topological polar surface area (TPSA) is 0 Å². The highest BCUT2D eigenvalue weighted by Crippen LogP contribution is 2.55. The van der Waals surface area contributed by atoms with E-state index in [1.54, 1.807) is 48.5 Å². The Hall–Kier alpha value is -0.740. The van der Waals surface area contributed by atoms with Gasteiger partial charge in [-0.25, -0.2) is 8.78 Å². The molecule has 0 radical (unpaired) electrons. The summed E-state index contributed by atoms with van der Waals surface area (Å²) in [6, 6.07) is 13.3. The van der Waals surface area contributed by atoms with E-state index in [0.717, 1.165) is 11.1 Å². The average Bonchev–Trinajstić information content (AvgIpc) is 2.39. The lowest BCUT2D eigenvalue weighted by Gasteiger charge is -2.31. The van der Waals surface area contributed by atoms with Crippen molar-refractivity contribution in [3.05, 3.63) is 70.8 Å². The van der Waals surface area contributed by atoms with E-state index in [1.165, 1.54) is 0 Å². The minimum absolute atomic E-state index is 0.225. The van der Waals surface area contributed by atoms with E-state index < -0.39 is 9.16 Å². The molecular weight excluding hydrogens is 390 g/mol. The Bertz CT molecular complexity index is 531. The summed E-state index contributed by atoms with van der Waals surface area (Å²) in [7, 11) is 0. The van der Waals surface area contributed by atoms with Gasteiger partial charge < -0.3 is 0 Å². The van der Waals surface area contributed by atoms with Gasteiger partial charge in [0.1, 0.15) is 0 Å². The van der Waals surface area contributed by atoms with Crippen LogP contribution in [0.2, 0.25) is 0 Å². The number of hydrogen-bond acceptors (Lipinski definition) is 0. The second kappa shape index (κ2) is 5.57. The number of benzene rings is 2. The summed E-state index contributed by atoms with van der Waals surface area (Å²) < 4.78 is 25.3. The summed E-state index contributed by atoms with van der Waals surface area (Å²) >= 11 is 5.81. The van der Waals surface area contributed by atoms with Crippen LogP contribution in [0.1, 0.15) is 22.3 Å². The van der Waals surface area contributed by atoms with E-state index in [-0.39, 0.29) is 11.1 Å². The van der Waals surface area contributed by atoms with E-state index >= 15 is 8.78 Å². The molecule has 4 heteroatoms. The lowest BCUT2D eigenvalue weighted by Crippen LogP contribution is -2.32. The standard InChI is InChI=1S/C16H14Br2F2/c1-11-3-7-13(8-4-11)15(17,19)16(18,20)14-9-5-12(2)6-10-14/h3-10H,1-2H3. The molecule has 0 N–H and O–H groups in total. The molecule has 0 heterocycles. The van der Waals surface area contributed by atoms with Crippen molar-refractivity contribution in [2.75, 3.05) is 0 Å². The fourth-order valence-electron chi connectivity index (χ4n) is 1.89. The molecular formula is C16H14Br2F2. The summed E-state index contributed by atoms with van der Waals surface area (Å²) in [4.78, 5) is 0. The number of halogens is 4. The van der Waals surface area contributed by atoms with Gasteiger partial charge in [0.25, 0.3) is 0 Å². The van der Waals surface area contributed by atoms with E-state index in [9.17, 15) is 0 Å². The van der Waals surface area contributed by atoms with E-state index in [4.69, 9.17) is 0 Å². The van der Waals surface area contributed by atoms with E-state index in [0.29, 0.717) is 0 Å². The van der Waals surface area contributed by atoms with Crippen molar-refractivity contribution in [3.8, 4) is 0 Å². The first-order valence-electron chi connectivity index (χ1n) is 6.15. The third-order valence-electron chi connectivity index (χ3n) is 3.22. The van der Waals surface area contributed by atoms with Crippen LogP contribution in [0.15, 0.2) is 48.5 Å². The molecule has 0 bridgehead atoms. The van der Waals surface area contributed by atoms with Crippen LogP contribution in [0.25, 0.3) is 0 Å². The zero-order chi connectivity index (χ0) is 15.0. The Labute approximate surface area is 134 Å². The van der Waals surface area contributed by atoms with E-state index in [1.807, 2.05) is 13.8 Å². The molecule has 0 spiro atoms. The molecule has 0 fully saturated rings. The maximum absolute atomic E-state index is 15.0. The lowest BCUT2D eigenvalue weighted by atomic mass is 9.99. The van der Waals surface area contributed by atoms with Crippen LogP contribution in [0.5, 0.6) is 0 Å². The quantitative estimate of drug-likeness (QED) is 0.548. The first-order chi connectivity index (χ1) is 9.25. The fraction of sp³-hybridized carbons (Fsp3) is 0.250. The monoisotopic (exact) mass is 402 g/mol. The molecule has 0 saturated carbocycles. The largest absolute Gasteiger partial charge is 0.237 e. The predicted octanol–water partition coefficient (Wildman–Crippen LogP) is 6.04. The van der Waals surface area contributed by atoms with Crippen molar-refractivity contribution >= 4 is 31.9 Å². The Morgan fingerprint density at radius 3 is 1.15 bits per heavy atom. The fourth-order valence-corrected chi connectivity index (χ4v) is 2.87. The van der Waals surface area contributed by atoms with Gasteiger partial charge in [0, 0.05) is 11.1 Å². The van der Waals surface area contributed by atoms with Gasteiger partial charge in [0.05, 0.1) is 0 Å². The predicted molar refractivity (Wildman–Crippen MR) is 85.8 cm³/mol. The molecule has 2 aromatic carbocycles. The average molecular weight is 404 g/mol. The maximum Gasteiger partial charge on any atom is 0.237 e. The van der Waals surface area contributed by atoms with Gasteiger partial charge in [-0.05, 0) is 45.7 Å². The van der Waals surface area contributed by atoms with Crippen molar-refractivity contribution in [1.82, 2.24) is 0 Å². The first kappa shape index (κ1) is 15.6. The van der Waals surface area contributed by atoms with Crippen LogP contribution in [0.4, 0.5) is 8.78 Å². The van der Waals surface area contributed by atoms with Crippen molar-refractivity contribution in [1.29, 1.82) is 0 Å². The molecule has 0 nitrogen and oxygen atoms in total. The highest BCUT2D eigenvalue weighted by atomic mass is 79.9. The van der Waals surface area contributed by atoms with Gasteiger partial charge in [0.15, 0.2) is 0 Å². The zero-order valence-corrected chi connectivity index (χ0v) is 14.3. The highest BCUT2D eigenvalue weighted by molar-refractivity contribution is 9.12. The molecule has 0 aliphatic rings. The maximum atomic E-state index is 15.0. The second-order valence-corrected chi connectivity index (χ2v) is 7.07. The molecule has 0 amide bonds. The minimum atomic E-state index is -2.36. The molecule has 106 valence electrons. The first-order valence-corrected chi connectivity index (χ1v) is 7.73. The molecule has 2 rings (SSSR count). The third kappa shape index (κ3) is 2.82. The normalized spacial score (nSPS) is 17.3. The number of aryl methyl sites for hydroxylation is 2.